The van der Waals surface area contributed by atoms with Crippen molar-refractivity contribution in [3.05, 3.63) is 59.2 Å². The van der Waals surface area contributed by atoms with E-state index in [1.165, 1.54) is 31.0 Å². The van der Waals surface area contributed by atoms with E-state index in [1.807, 2.05) is 12.1 Å². The number of furan rings is 1. The molecule has 1 atom stereocenters. The summed E-state index contributed by atoms with van der Waals surface area (Å²) in [7, 11) is -4.00. The van der Waals surface area contributed by atoms with E-state index in [2.05, 4.69) is 33.9 Å². The van der Waals surface area contributed by atoms with Gasteiger partial charge in [-0.15, -0.1) is 0 Å². The molecule has 0 saturated carbocycles. The first-order valence-electron chi connectivity index (χ1n) is 11.5. The second kappa shape index (κ2) is 10.4. The summed E-state index contributed by atoms with van der Waals surface area (Å²) in [6.45, 7) is 3.79. The summed E-state index contributed by atoms with van der Waals surface area (Å²) in [5.41, 5.74) is 2.12. The maximum atomic E-state index is 12.4. The third-order valence-corrected chi connectivity index (χ3v) is 7.40. The third-order valence-electron chi connectivity index (χ3n) is 6.06. The van der Waals surface area contributed by atoms with Gasteiger partial charge in [0.05, 0.1) is 0 Å². The molecule has 1 saturated heterocycles. The Bertz CT molecular complexity index is 1330. The number of benzene rings is 2. The summed E-state index contributed by atoms with van der Waals surface area (Å²) in [6, 6.07) is 17.7. The zero-order valence-corrected chi connectivity index (χ0v) is 20.0. The van der Waals surface area contributed by atoms with Crippen LogP contribution in [0.5, 0.6) is 0 Å². The molecular weight excluding hydrogens is 450 g/mol. The van der Waals surface area contributed by atoms with Gasteiger partial charge in [-0.2, -0.15) is 5.26 Å². The van der Waals surface area contributed by atoms with Crippen LogP contribution in [0.1, 0.15) is 31.9 Å². The summed E-state index contributed by atoms with van der Waals surface area (Å²) in [4.78, 5) is 1.99. The van der Waals surface area contributed by atoms with Crippen LogP contribution in [0.15, 0.2) is 57.9 Å². The topological polar surface area (TPSA) is 107 Å². The van der Waals surface area contributed by atoms with E-state index >= 15 is 0 Å². The fourth-order valence-electron chi connectivity index (χ4n) is 4.01. The quantitative estimate of drug-likeness (QED) is 0.461. The van der Waals surface area contributed by atoms with Crippen LogP contribution in [-0.4, -0.2) is 39.8 Å². The van der Waals surface area contributed by atoms with Crippen molar-refractivity contribution in [2.24, 2.45) is 5.92 Å². The molecule has 0 aliphatic carbocycles. The number of nitriles is 1. The molecule has 0 bridgehead atoms. The molecule has 0 amide bonds. The van der Waals surface area contributed by atoms with Gasteiger partial charge in [-0.1, -0.05) is 25.1 Å². The Morgan fingerprint density at radius 3 is 2.62 bits per heavy atom. The van der Waals surface area contributed by atoms with Gasteiger partial charge in [-0.05, 0) is 66.3 Å². The van der Waals surface area contributed by atoms with Crippen LogP contribution < -0.4 is 9.62 Å². The van der Waals surface area contributed by atoms with Crippen LogP contribution in [0.3, 0.4) is 0 Å². The lowest BCUT2D eigenvalue weighted by atomic mass is 10.0. The zero-order chi connectivity index (χ0) is 24.1. The van der Waals surface area contributed by atoms with Crippen molar-refractivity contribution < 1.29 is 17.9 Å². The molecule has 8 heteroatoms. The lowest BCUT2D eigenvalue weighted by molar-refractivity contribution is 0.239. The summed E-state index contributed by atoms with van der Waals surface area (Å²) >= 11 is 0. The van der Waals surface area contributed by atoms with Gasteiger partial charge in [0.2, 0.25) is 0 Å². The molecule has 7 nitrogen and oxygen atoms in total. The van der Waals surface area contributed by atoms with Crippen molar-refractivity contribution in [3.63, 3.8) is 0 Å². The molecule has 34 heavy (non-hydrogen) atoms. The van der Waals surface area contributed by atoms with E-state index in [-0.39, 0.29) is 24.8 Å². The number of aliphatic hydroxyl groups excluding tert-OH is 1. The number of allylic oxidation sites excluding steroid dienone is 1. The Kier molecular flexibility index (Phi) is 7.37. The highest BCUT2D eigenvalue weighted by Crippen LogP contribution is 2.30. The fourth-order valence-corrected chi connectivity index (χ4v) is 5.07. The summed E-state index contributed by atoms with van der Waals surface area (Å²) in [5, 5.41) is 20.7. The second-order valence-corrected chi connectivity index (χ2v) is 10.5. The molecule has 2 heterocycles. The maximum Gasteiger partial charge on any atom is 0.250 e. The molecular formula is C26H29N3O4S. The molecule has 1 aromatic heterocycles. The number of anilines is 1. The van der Waals surface area contributed by atoms with E-state index in [0.717, 1.165) is 29.4 Å². The normalized spacial score (nSPS) is 15.9. The average molecular weight is 480 g/mol. The van der Waals surface area contributed by atoms with Gasteiger partial charge in [0.15, 0.2) is 4.91 Å². The van der Waals surface area contributed by atoms with Gasteiger partial charge < -0.3 is 14.4 Å². The average Bonchev–Trinajstić information content (AvgIpc) is 3.34. The lowest BCUT2D eigenvalue weighted by Gasteiger charge is -2.29. The van der Waals surface area contributed by atoms with Gasteiger partial charge in [-0.3, -0.25) is 0 Å². The minimum absolute atomic E-state index is 0.0395. The number of sulfonamides is 1. The molecule has 1 aliphatic heterocycles. The van der Waals surface area contributed by atoms with Crippen LogP contribution in [0, 0.1) is 17.2 Å². The van der Waals surface area contributed by atoms with E-state index in [4.69, 9.17) is 9.52 Å². The Hall–Kier alpha value is -3.12. The van der Waals surface area contributed by atoms with Gasteiger partial charge >= 0.3 is 0 Å². The highest BCUT2D eigenvalue weighted by molar-refractivity contribution is 7.93. The molecule has 0 spiro atoms. The first kappa shape index (κ1) is 24.0. The van der Waals surface area contributed by atoms with Crippen molar-refractivity contribution >= 4 is 32.6 Å². The lowest BCUT2D eigenvalue weighted by Crippen LogP contribution is -2.30. The number of piperidine rings is 1. The van der Waals surface area contributed by atoms with E-state index in [9.17, 15) is 13.7 Å². The minimum Gasteiger partial charge on any atom is -0.457 e. The number of fused-ring (bicyclic) bond motifs is 1. The second-order valence-electron chi connectivity index (χ2n) is 8.76. The summed E-state index contributed by atoms with van der Waals surface area (Å²) in [5.74, 6) is 0.603. The third kappa shape index (κ3) is 5.50. The Labute approximate surface area is 200 Å². The number of nitrogens with one attached hydrogen (secondary N) is 1. The number of aliphatic hydroxyl groups is 1. The van der Waals surface area contributed by atoms with Crippen LogP contribution in [0.25, 0.3) is 28.2 Å². The number of hydrogen-bond acceptors (Lipinski definition) is 6. The number of rotatable bonds is 8. The first-order chi connectivity index (χ1) is 16.4. The molecule has 178 valence electrons. The van der Waals surface area contributed by atoms with Crippen LogP contribution in [0.2, 0.25) is 0 Å². The SMILES string of the molecule is CC(CO)CNS(=O)(=O)/C(C#N)=C/c1ccc(-c2ccc3cc(N4CCCCC4)ccc3c2)o1. The predicted molar refractivity (Wildman–Crippen MR) is 134 cm³/mol. The standard InChI is InChI=1S/C26H29N3O4S/c1-19(18-30)17-28-34(31,32)25(16-27)15-24-9-10-26(33-24)22-6-5-21-14-23(8-7-20(21)13-22)29-11-3-2-4-12-29/h5-10,13-15,19,28,30H,2-4,11-12,17-18H2,1H3/b25-15+. The van der Waals surface area contributed by atoms with E-state index < -0.39 is 14.9 Å². The Balaban J connectivity index is 1.54. The summed E-state index contributed by atoms with van der Waals surface area (Å²) in [6.07, 6.45) is 4.98. The van der Waals surface area contributed by atoms with Crippen LogP contribution in [0.4, 0.5) is 5.69 Å². The summed E-state index contributed by atoms with van der Waals surface area (Å²) < 4.78 is 33.0. The van der Waals surface area contributed by atoms with Gasteiger partial charge in [0, 0.05) is 43.6 Å². The van der Waals surface area contributed by atoms with Crippen molar-refractivity contribution in [1.82, 2.24) is 4.72 Å². The highest BCUT2D eigenvalue weighted by Gasteiger charge is 2.19. The molecule has 1 fully saturated rings. The molecule has 2 aromatic carbocycles. The van der Waals surface area contributed by atoms with Crippen molar-refractivity contribution in [3.8, 4) is 17.4 Å². The van der Waals surface area contributed by atoms with Crippen LogP contribution >= 0.6 is 0 Å². The van der Waals surface area contributed by atoms with Gasteiger partial charge in [-0.25, -0.2) is 13.1 Å². The largest absolute Gasteiger partial charge is 0.457 e. The van der Waals surface area contributed by atoms with E-state index in [1.54, 1.807) is 25.1 Å². The molecule has 3 aromatic rings. The molecule has 0 radical (unpaired) electrons. The zero-order valence-electron chi connectivity index (χ0n) is 19.2. The van der Waals surface area contributed by atoms with Crippen molar-refractivity contribution in [2.45, 2.75) is 26.2 Å². The van der Waals surface area contributed by atoms with Gasteiger partial charge in [0.25, 0.3) is 10.0 Å². The van der Waals surface area contributed by atoms with E-state index in [0.29, 0.717) is 5.76 Å². The monoisotopic (exact) mass is 479 g/mol. The minimum atomic E-state index is -4.00. The smallest absolute Gasteiger partial charge is 0.250 e. The molecule has 1 aliphatic rings. The number of hydrogen-bond donors (Lipinski definition) is 2. The molecule has 1 unspecified atom stereocenters. The Morgan fingerprint density at radius 1 is 1.15 bits per heavy atom. The number of nitrogens with zero attached hydrogens (tertiary/aromatic N) is 2. The molecule has 4 rings (SSSR count). The van der Waals surface area contributed by atoms with Crippen molar-refractivity contribution in [2.75, 3.05) is 31.1 Å². The fraction of sp³-hybridized carbons (Fsp3) is 0.346. The predicted octanol–water partition coefficient (Wildman–Crippen LogP) is 4.50. The Morgan fingerprint density at radius 2 is 1.88 bits per heavy atom. The maximum absolute atomic E-state index is 12.4. The van der Waals surface area contributed by atoms with Crippen molar-refractivity contribution in [1.29, 1.82) is 5.26 Å². The first-order valence-corrected chi connectivity index (χ1v) is 13.0. The highest BCUT2D eigenvalue weighted by atomic mass is 32.2. The molecule has 2 N–H and O–H groups in total. The van der Waals surface area contributed by atoms with Crippen LogP contribution in [-0.2, 0) is 10.0 Å². The van der Waals surface area contributed by atoms with Gasteiger partial charge in [0.1, 0.15) is 17.6 Å².